The Labute approximate surface area is 127 Å². The maximum Gasteiger partial charge on any atom is 0.0916 e. The van der Waals surface area contributed by atoms with Gasteiger partial charge in [-0.1, -0.05) is 40.0 Å². The second kappa shape index (κ2) is 10.9. The van der Waals surface area contributed by atoms with Gasteiger partial charge in [0.2, 0.25) is 0 Å². The Morgan fingerprint density at radius 1 is 0.789 bits per heavy atom. The number of nitrogens with zero attached hydrogens (tertiary/aromatic N) is 2. The summed E-state index contributed by atoms with van der Waals surface area (Å²) in [5.41, 5.74) is 0. The molecule has 0 atom stereocenters. The first-order valence-electron chi connectivity index (χ1n) is 8.33. The quantitative estimate of drug-likeness (QED) is 0.560. The van der Waals surface area contributed by atoms with Gasteiger partial charge in [-0.2, -0.15) is 0 Å². The van der Waals surface area contributed by atoms with E-state index >= 15 is 0 Å². The summed E-state index contributed by atoms with van der Waals surface area (Å²) in [6.07, 6.45) is 8.25. The van der Waals surface area contributed by atoms with Crippen LogP contribution in [0.1, 0.15) is 59.3 Å². The molecule has 3 heteroatoms. The fourth-order valence-electron chi connectivity index (χ4n) is 3.08. The number of quaternary nitrogens is 1. The third kappa shape index (κ3) is 6.97. The molecule has 1 fully saturated rings. The summed E-state index contributed by atoms with van der Waals surface area (Å²) < 4.78 is 1.42. The maximum atomic E-state index is 2.69. The second-order valence-electron chi connectivity index (χ2n) is 6.14. The van der Waals surface area contributed by atoms with Crippen LogP contribution in [0.4, 0.5) is 0 Å². The third-order valence-electron chi connectivity index (χ3n) is 4.58. The molecule has 0 aromatic heterocycles. The van der Waals surface area contributed by atoms with Gasteiger partial charge >= 0.3 is 0 Å². The summed E-state index contributed by atoms with van der Waals surface area (Å²) in [7, 11) is 0. The van der Waals surface area contributed by atoms with Crippen LogP contribution in [-0.4, -0.2) is 55.2 Å². The molecule has 1 saturated heterocycles. The Morgan fingerprint density at radius 2 is 1.26 bits per heavy atom. The van der Waals surface area contributed by atoms with Crippen LogP contribution in [0, 0.1) is 0 Å². The first kappa shape index (κ1) is 19.2. The summed E-state index contributed by atoms with van der Waals surface area (Å²) in [6.45, 7) is 16.6. The smallest absolute Gasteiger partial charge is 0.0916 e. The predicted octanol–water partition coefficient (Wildman–Crippen LogP) is 0.523. The van der Waals surface area contributed by atoms with Crippen molar-refractivity contribution in [1.29, 1.82) is 0 Å². The molecule has 0 bridgehead atoms. The molecule has 0 aromatic carbocycles. The van der Waals surface area contributed by atoms with Gasteiger partial charge in [0.1, 0.15) is 0 Å². The van der Waals surface area contributed by atoms with Gasteiger partial charge < -0.3 is 16.9 Å². The number of halogens is 1. The Balaban J connectivity index is 0.00000324. The average Bonchev–Trinajstić information content (AvgIpc) is 2.42. The van der Waals surface area contributed by atoms with Gasteiger partial charge in [-0.15, -0.1) is 0 Å². The van der Waals surface area contributed by atoms with E-state index in [-0.39, 0.29) is 12.4 Å². The molecule has 116 valence electrons. The fourth-order valence-corrected chi connectivity index (χ4v) is 3.08. The molecule has 0 saturated carbocycles. The van der Waals surface area contributed by atoms with E-state index in [9.17, 15) is 0 Å². The lowest BCUT2D eigenvalue weighted by atomic mass is 10.1. The number of hydrogen-bond donors (Lipinski definition) is 0. The Bertz CT molecular complexity index is 191. The topological polar surface area (TPSA) is 3.24 Å². The van der Waals surface area contributed by atoms with Crippen LogP contribution in [0.5, 0.6) is 0 Å². The summed E-state index contributed by atoms with van der Waals surface area (Å²) in [6, 6.07) is 0. The lowest BCUT2D eigenvalue weighted by molar-refractivity contribution is -0.932. The summed E-state index contributed by atoms with van der Waals surface area (Å²) in [5.74, 6) is 0. The maximum absolute atomic E-state index is 2.69. The van der Waals surface area contributed by atoms with Gasteiger partial charge in [0.15, 0.2) is 0 Å². The van der Waals surface area contributed by atoms with Crippen molar-refractivity contribution in [2.24, 2.45) is 0 Å². The Hall–Kier alpha value is 0.210. The van der Waals surface area contributed by atoms with Crippen LogP contribution >= 0.6 is 0 Å². The van der Waals surface area contributed by atoms with Crippen molar-refractivity contribution in [1.82, 2.24) is 4.90 Å². The van der Waals surface area contributed by atoms with Crippen molar-refractivity contribution in [2.75, 3.05) is 45.8 Å². The lowest BCUT2D eigenvalue weighted by Gasteiger charge is -2.45. The zero-order valence-electron chi connectivity index (χ0n) is 13.5. The number of unbranched alkanes of at least 4 members (excludes halogenated alkanes) is 3. The summed E-state index contributed by atoms with van der Waals surface area (Å²) in [4.78, 5) is 2.69. The molecular formula is C16H35ClN2. The van der Waals surface area contributed by atoms with E-state index in [0.29, 0.717) is 0 Å². The third-order valence-corrected chi connectivity index (χ3v) is 4.58. The molecule has 1 aliphatic rings. The van der Waals surface area contributed by atoms with E-state index in [2.05, 4.69) is 25.7 Å². The molecule has 2 nitrogen and oxygen atoms in total. The predicted molar refractivity (Wildman–Crippen MR) is 80.9 cm³/mol. The van der Waals surface area contributed by atoms with Crippen molar-refractivity contribution >= 4 is 0 Å². The van der Waals surface area contributed by atoms with Gasteiger partial charge in [-0.3, -0.25) is 4.90 Å². The van der Waals surface area contributed by atoms with Crippen molar-refractivity contribution in [2.45, 2.75) is 59.3 Å². The molecule has 0 unspecified atom stereocenters. The van der Waals surface area contributed by atoms with Crippen LogP contribution in [0.15, 0.2) is 0 Å². The monoisotopic (exact) mass is 290 g/mol. The van der Waals surface area contributed by atoms with E-state index < -0.39 is 0 Å². The van der Waals surface area contributed by atoms with Gasteiger partial charge in [0.05, 0.1) is 26.2 Å². The lowest BCUT2D eigenvalue weighted by Crippen LogP contribution is -3.00. The van der Waals surface area contributed by atoms with Gasteiger partial charge in [-0.05, 0) is 25.8 Å². The van der Waals surface area contributed by atoms with Crippen LogP contribution in [0.2, 0.25) is 0 Å². The van der Waals surface area contributed by atoms with Gasteiger partial charge in [-0.25, -0.2) is 0 Å². The average molecular weight is 291 g/mol. The Morgan fingerprint density at radius 3 is 1.68 bits per heavy atom. The van der Waals surface area contributed by atoms with E-state index in [1.807, 2.05) is 0 Å². The highest BCUT2D eigenvalue weighted by Crippen LogP contribution is 2.17. The van der Waals surface area contributed by atoms with Crippen LogP contribution < -0.4 is 12.4 Å². The van der Waals surface area contributed by atoms with Gasteiger partial charge in [0.25, 0.3) is 0 Å². The van der Waals surface area contributed by atoms with Crippen LogP contribution in [0.25, 0.3) is 0 Å². The normalized spacial score (nSPS) is 19.1. The van der Waals surface area contributed by atoms with E-state index in [1.165, 1.54) is 88.8 Å². The number of hydrogen-bond acceptors (Lipinski definition) is 1. The zero-order chi connectivity index (χ0) is 13.3. The number of piperazine rings is 1. The number of rotatable bonds is 9. The molecule has 1 rings (SSSR count). The van der Waals surface area contributed by atoms with E-state index in [0.717, 1.165) is 0 Å². The minimum atomic E-state index is 0. The molecule has 0 amide bonds. The highest BCUT2D eigenvalue weighted by molar-refractivity contribution is 4.64. The fraction of sp³-hybridized carbons (Fsp3) is 1.00. The zero-order valence-corrected chi connectivity index (χ0v) is 14.2. The van der Waals surface area contributed by atoms with Gasteiger partial charge in [0, 0.05) is 13.1 Å². The van der Waals surface area contributed by atoms with Crippen LogP contribution in [0.3, 0.4) is 0 Å². The largest absolute Gasteiger partial charge is 1.00 e. The van der Waals surface area contributed by atoms with Crippen molar-refractivity contribution in [3.05, 3.63) is 0 Å². The molecule has 19 heavy (non-hydrogen) atoms. The molecule has 0 radical (unpaired) electrons. The molecule has 0 aromatic rings. The minimum Gasteiger partial charge on any atom is -1.00 e. The Kier molecular flexibility index (Phi) is 11.1. The molecular weight excluding hydrogens is 256 g/mol. The molecule has 1 aliphatic heterocycles. The van der Waals surface area contributed by atoms with Crippen molar-refractivity contribution < 1.29 is 16.9 Å². The SMILES string of the molecule is CCCCN1CC[N+](CCCC)(CCCC)CC1.[Cl-]. The van der Waals surface area contributed by atoms with Crippen LogP contribution in [-0.2, 0) is 0 Å². The van der Waals surface area contributed by atoms with Crippen molar-refractivity contribution in [3.8, 4) is 0 Å². The first-order chi connectivity index (χ1) is 8.76. The molecule has 0 spiro atoms. The highest BCUT2D eigenvalue weighted by Gasteiger charge is 2.31. The van der Waals surface area contributed by atoms with E-state index in [4.69, 9.17) is 0 Å². The minimum absolute atomic E-state index is 0. The first-order valence-corrected chi connectivity index (χ1v) is 8.33. The highest BCUT2D eigenvalue weighted by atomic mass is 35.5. The molecule has 1 heterocycles. The molecule has 0 N–H and O–H groups in total. The van der Waals surface area contributed by atoms with E-state index in [1.54, 1.807) is 0 Å². The molecule has 0 aliphatic carbocycles. The summed E-state index contributed by atoms with van der Waals surface area (Å²) >= 11 is 0. The van der Waals surface area contributed by atoms with Crippen molar-refractivity contribution in [3.63, 3.8) is 0 Å². The summed E-state index contributed by atoms with van der Waals surface area (Å²) in [5, 5.41) is 0. The standard InChI is InChI=1S/C16H35N2.ClH/c1-4-7-10-17-11-15-18(16-12-17,13-8-5-2)14-9-6-3;/h4-16H2,1-3H3;1H/q+1;/p-1. The second-order valence-corrected chi connectivity index (χ2v) is 6.14.